The number of hydrogen-bond donors (Lipinski definition) is 1. The molecule has 176 valence electrons. The number of carbonyl (C=O) groups is 2. The van der Waals surface area contributed by atoms with Gasteiger partial charge in [-0.05, 0) is 58.4 Å². The highest BCUT2D eigenvalue weighted by atomic mass is 79.9. The highest BCUT2D eigenvalue weighted by Gasteiger charge is 2.19. The van der Waals surface area contributed by atoms with Gasteiger partial charge in [0.25, 0.3) is 5.91 Å². The first-order chi connectivity index (χ1) is 16.9. The maximum absolute atomic E-state index is 12.8. The number of nitriles is 1. The Morgan fingerprint density at radius 2 is 1.91 bits per heavy atom. The predicted molar refractivity (Wildman–Crippen MR) is 132 cm³/mol. The Morgan fingerprint density at radius 3 is 2.74 bits per heavy atom. The van der Waals surface area contributed by atoms with Crippen LogP contribution in [0.4, 0.5) is 0 Å². The molecule has 0 aliphatic carbocycles. The zero-order valence-corrected chi connectivity index (χ0v) is 21.0. The summed E-state index contributed by atoms with van der Waals surface area (Å²) in [4.78, 5) is 24.9. The van der Waals surface area contributed by atoms with Gasteiger partial charge < -0.3 is 18.9 Å². The lowest BCUT2D eigenvalue weighted by Crippen LogP contribution is -2.24. The van der Waals surface area contributed by atoms with Gasteiger partial charge in [-0.25, -0.2) is 10.2 Å². The van der Waals surface area contributed by atoms with Gasteiger partial charge in [-0.15, -0.1) is 0 Å². The van der Waals surface area contributed by atoms with E-state index >= 15 is 0 Å². The number of halogens is 2. The maximum Gasteiger partial charge on any atom is 0.343 e. The number of esters is 1. The smallest absolute Gasteiger partial charge is 0.343 e. The van der Waals surface area contributed by atoms with E-state index < -0.39 is 11.9 Å². The van der Waals surface area contributed by atoms with Gasteiger partial charge in [0.15, 0.2) is 23.9 Å². The molecule has 0 bridgehead atoms. The van der Waals surface area contributed by atoms with Crippen LogP contribution in [0, 0.1) is 11.3 Å². The number of para-hydroxylation sites is 1. The number of amides is 1. The van der Waals surface area contributed by atoms with Gasteiger partial charge in [0, 0.05) is 10.0 Å². The van der Waals surface area contributed by atoms with Crippen molar-refractivity contribution in [1.82, 2.24) is 5.43 Å². The van der Waals surface area contributed by atoms with E-state index in [0.29, 0.717) is 37.3 Å². The number of rotatable bonds is 7. The number of nitrogens with zero attached hydrogens (tertiary/aromatic N) is 2. The molecule has 0 saturated carbocycles. The third kappa shape index (κ3) is 5.98. The Balaban J connectivity index is 1.43. The molecule has 0 atom stereocenters. The normalized spacial score (nSPS) is 11.7. The molecule has 35 heavy (non-hydrogen) atoms. The largest absolute Gasteiger partial charge is 0.482 e. The van der Waals surface area contributed by atoms with Gasteiger partial charge >= 0.3 is 5.97 Å². The van der Waals surface area contributed by atoms with Crippen LogP contribution in [0.25, 0.3) is 0 Å². The third-order valence-electron chi connectivity index (χ3n) is 4.60. The number of benzene rings is 3. The molecule has 4 rings (SSSR count). The second kappa shape index (κ2) is 11.0. The molecule has 1 amide bonds. The zero-order valence-electron chi connectivity index (χ0n) is 17.8. The van der Waals surface area contributed by atoms with Crippen molar-refractivity contribution in [3.8, 4) is 29.1 Å². The average Bonchev–Trinajstić information content (AvgIpc) is 3.33. The quantitative estimate of drug-likeness (QED) is 0.183. The minimum Gasteiger partial charge on any atom is -0.482 e. The molecular weight excluding hydrogens is 586 g/mol. The lowest BCUT2D eigenvalue weighted by atomic mass is 10.2. The molecule has 9 nitrogen and oxygen atoms in total. The van der Waals surface area contributed by atoms with Crippen molar-refractivity contribution in [2.24, 2.45) is 5.10 Å². The minimum atomic E-state index is -0.616. The van der Waals surface area contributed by atoms with Crippen molar-refractivity contribution in [2.75, 3.05) is 13.4 Å². The van der Waals surface area contributed by atoms with E-state index in [-0.39, 0.29) is 24.7 Å². The first kappa shape index (κ1) is 24.3. The molecule has 0 fully saturated rings. The fourth-order valence-corrected chi connectivity index (χ4v) is 4.33. The van der Waals surface area contributed by atoms with Gasteiger partial charge in [-0.3, -0.25) is 4.79 Å². The van der Waals surface area contributed by atoms with Crippen molar-refractivity contribution in [3.05, 3.63) is 80.2 Å². The summed E-state index contributed by atoms with van der Waals surface area (Å²) in [5.74, 6) is 0.348. The fraction of sp³-hybridized carbons (Fsp3) is 0.0833. The molecule has 3 aromatic rings. The summed E-state index contributed by atoms with van der Waals surface area (Å²) in [6.07, 6.45) is 1.33. The molecule has 0 aromatic heterocycles. The highest BCUT2D eigenvalue weighted by Crippen LogP contribution is 2.35. The van der Waals surface area contributed by atoms with Crippen LogP contribution in [0.5, 0.6) is 23.0 Å². The highest BCUT2D eigenvalue weighted by molar-refractivity contribution is 9.11. The Hall–Kier alpha value is -3.88. The molecule has 0 spiro atoms. The van der Waals surface area contributed by atoms with Crippen molar-refractivity contribution in [3.63, 3.8) is 0 Å². The Bertz CT molecular complexity index is 1370. The summed E-state index contributed by atoms with van der Waals surface area (Å²) in [5.41, 5.74) is 3.34. The second-order valence-electron chi connectivity index (χ2n) is 6.95. The standard InChI is InChI=1S/C24H15Br2N3O6/c25-17-7-16(11-28-29-22(30)12-32-19-4-2-1-3-15(19)10-27)23(18(26)9-17)35-24(31)14-5-6-20-21(8-14)34-13-33-20/h1-9,11H,12-13H2,(H,29,30)/b28-11-. The molecule has 1 aliphatic rings. The van der Waals surface area contributed by atoms with E-state index in [1.54, 1.807) is 48.5 Å². The summed E-state index contributed by atoms with van der Waals surface area (Å²) in [6.45, 7) is -0.252. The monoisotopic (exact) mass is 599 g/mol. The Labute approximate surface area is 216 Å². The van der Waals surface area contributed by atoms with Crippen LogP contribution in [0.1, 0.15) is 21.5 Å². The van der Waals surface area contributed by atoms with Crippen molar-refractivity contribution >= 4 is 50.0 Å². The van der Waals surface area contributed by atoms with Gasteiger partial charge in [0.05, 0.1) is 21.8 Å². The van der Waals surface area contributed by atoms with Crippen molar-refractivity contribution in [2.45, 2.75) is 0 Å². The van der Waals surface area contributed by atoms with Crippen LogP contribution in [0.2, 0.25) is 0 Å². The number of ether oxygens (including phenoxy) is 4. The number of hydrogen-bond acceptors (Lipinski definition) is 8. The lowest BCUT2D eigenvalue weighted by molar-refractivity contribution is -0.123. The van der Waals surface area contributed by atoms with Gasteiger partial charge in [-0.1, -0.05) is 28.1 Å². The first-order valence-corrected chi connectivity index (χ1v) is 11.6. The molecule has 1 aliphatic heterocycles. The summed E-state index contributed by atoms with van der Waals surface area (Å²) in [6, 6.07) is 16.7. The zero-order chi connectivity index (χ0) is 24.8. The summed E-state index contributed by atoms with van der Waals surface area (Å²) < 4.78 is 22.7. The number of fused-ring (bicyclic) bond motifs is 1. The van der Waals surface area contributed by atoms with E-state index in [9.17, 15) is 9.59 Å². The van der Waals surface area contributed by atoms with E-state index in [2.05, 4.69) is 42.4 Å². The summed E-state index contributed by atoms with van der Waals surface area (Å²) >= 11 is 6.77. The third-order valence-corrected chi connectivity index (χ3v) is 5.65. The van der Waals surface area contributed by atoms with Crippen LogP contribution in [-0.2, 0) is 4.79 Å². The van der Waals surface area contributed by atoms with Crippen molar-refractivity contribution < 1.29 is 28.5 Å². The summed E-state index contributed by atoms with van der Waals surface area (Å²) in [7, 11) is 0. The molecule has 11 heteroatoms. The second-order valence-corrected chi connectivity index (χ2v) is 8.72. The van der Waals surface area contributed by atoms with E-state index in [1.165, 1.54) is 12.3 Å². The molecule has 0 unspecified atom stereocenters. The first-order valence-electron chi connectivity index (χ1n) is 9.99. The van der Waals surface area contributed by atoms with Gasteiger partial charge in [0.1, 0.15) is 11.8 Å². The van der Waals surface area contributed by atoms with Gasteiger partial charge in [0.2, 0.25) is 6.79 Å². The number of hydrazone groups is 1. The topological polar surface area (TPSA) is 119 Å². The Morgan fingerprint density at radius 1 is 1.11 bits per heavy atom. The van der Waals surface area contributed by atoms with E-state index in [4.69, 9.17) is 24.2 Å². The Kier molecular flexibility index (Phi) is 7.64. The lowest BCUT2D eigenvalue weighted by Gasteiger charge is -2.11. The molecule has 3 aromatic carbocycles. The average molecular weight is 601 g/mol. The molecule has 0 radical (unpaired) electrons. The van der Waals surface area contributed by atoms with Crippen LogP contribution in [-0.4, -0.2) is 31.5 Å². The molecule has 1 heterocycles. The maximum atomic E-state index is 12.8. The number of carbonyl (C=O) groups excluding carboxylic acids is 2. The van der Waals surface area contributed by atoms with Crippen LogP contribution in [0.3, 0.4) is 0 Å². The molecule has 0 saturated heterocycles. The van der Waals surface area contributed by atoms with Crippen LogP contribution < -0.4 is 24.4 Å². The van der Waals surface area contributed by atoms with E-state index in [1.807, 2.05) is 6.07 Å². The van der Waals surface area contributed by atoms with Crippen LogP contribution >= 0.6 is 31.9 Å². The molecular formula is C24H15Br2N3O6. The van der Waals surface area contributed by atoms with Crippen LogP contribution in [0.15, 0.2) is 68.6 Å². The number of nitrogens with one attached hydrogen (secondary N) is 1. The minimum absolute atomic E-state index is 0.0916. The van der Waals surface area contributed by atoms with Crippen molar-refractivity contribution in [1.29, 1.82) is 5.26 Å². The summed E-state index contributed by atoms with van der Waals surface area (Å²) in [5, 5.41) is 13.0. The van der Waals surface area contributed by atoms with E-state index in [0.717, 1.165) is 0 Å². The fourth-order valence-electron chi connectivity index (χ4n) is 2.99. The SMILES string of the molecule is N#Cc1ccccc1OCC(=O)N/N=C\c1cc(Br)cc(Br)c1OC(=O)c1ccc2c(c1)OCO2. The van der Waals surface area contributed by atoms with Gasteiger partial charge in [-0.2, -0.15) is 10.4 Å². The predicted octanol–water partition coefficient (Wildman–Crippen LogP) is 4.56. The molecule has 1 N–H and O–H groups in total.